The highest BCUT2D eigenvalue weighted by atomic mass is 79.9. The number of hydrogen-bond donors (Lipinski definition) is 1. The Labute approximate surface area is 114 Å². The predicted molar refractivity (Wildman–Crippen MR) is 69.5 cm³/mol. The molecule has 0 radical (unpaired) electrons. The van der Waals surface area contributed by atoms with E-state index < -0.39 is 5.97 Å². The van der Waals surface area contributed by atoms with Gasteiger partial charge in [-0.2, -0.15) is 0 Å². The van der Waals surface area contributed by atoms with Crippen molar-refractivity contribution in [2.24, 2.45) is 0 Å². The van der Waals surface area contributed by atoms with E-state index in [1.165, 1.54) is 6.20 Å². The first-order valence-electron chi connectivity index (χ1n) is 5.72. The molecule has 1 saturated heterocycles. The minimum Gasteiger partial charge on any atom is -0.476 e. The molecule has 2 heterocycles. The Morgan fingerprint density at radius 2 is 2.11 bits per heavy atom. The fourth-order valence-corrected chi connectivity index (χ4v) is 2.20. The summed E-state index contributed by atoms with van der Waals surface area (Å²) in [5, 5.41) is 8.99. The molecule has 0 bridgehead atoms. The first-order chi connectivity index (χ1) is 8.56. The van der Waals surface area contributed by atoms with Gasteiger partial charge in [-0.25, -0.2) is 14.8 Å². The lowest BCUT2D eigenvalue weighted by molar-refractivity contribution is 0.0688. The Balaban J connectivity index is 2.05. The summed E-state index contributed by atoms with van der Waals surface area (Å²) in [6.45, 7) is 4.54. The zero-order valence-corrected chi connectivity index (χ0v) is 11.7. The molecule has 0 saturated carbocycles. The lowest BCUT2D eigenvalue weighted by Crippen LogP contribution is -2.44. The van der Waals surface area contributed by atoms with Crippen molar-refractivity contribution in [3.63, 3.8) is 0 Å². The van der Waals surface area contributed by atoms with E-state index >= 15 is 0 Å². The van der Waals surface area contributed by atoms with Gasteiger partial charge < -0.3 is 10.0 Å². The minimum atomic E-state index is -1.04. The summed E-state index contributed by atoms with van der Waals surface area (Å²) >= 11 is 3.14. The summed E-state index contributed by atoms with van der Waals surface area (Å²) in [6, 6.07) is 0. The van der Waals surface area contributed by atoms with E-state index in [2.05, 4.69) is 42.7 Å². The number of carboxylic acids is 1. The van der Waals surface area contributed by atoms with Crippen LogP contribution >= 0.6 is 15.9 Å². The number of rotatable bonds is 3. The summed E-state index contributed by atoms with van der Waals surface area (Å²) in [5.74, 6) is -0.482. The molecule has 98 valence electrons. The second-order valence-electron chi connectivity index (χ2n) is 4.37. The highest BCUT2D eigenvalue weighted by Gasteiger charge is 2.17. The van der Waals surface area contributed by atoms with E-state index in [1.807, 2.05) is 0 Å². The molecule has 1 N–H and O–H groups in total. The molecule has 0 aliphatic carbocycles. The molecule has 7 heteroatoms. The van der Waals surface area contributed by atoms with Crippen LogP contribution in [-0.2, 0) is 6.54 Å². The molecule has 1 aromatic heterocycles. The molecule has 18 heavy (non-hydrogen) atoms. The van der Waals surface area contributed by atoms with Gasteiger partial charge in [0, 0.05) is 32.4 Å². The van der Waals surface area contributed by atoms with Gasteiger partial charge in [0.25, 0.3) is 0 Å². The molecule has 1 aliphatic rings. The van der Waals surface area contributed by atoms with Crippen LogP contribution in [0.2, 0.25) is 0 Å². The van der Waals surface area contributed by atoms with E-state index in [0.29, 0.717) is 16.8 Å². The Bertz CT molecular complexity index is 447. The Morgan fingerprint density at radius 1 is 1.44 bits per heavy atom. The van der Waals surface area contributed by atoms with Gasteiger partial charge in [0.1, 0.15) is 5.82 Å². The molecule has 0 spiro atoms. The van der Waals surface area contributed by atoms with Gasteiger partial charge in [-0.1, -0.05) is 0 Å². The number of halogens is 1. The number of aromatic carboxylic acids is 1. The number of aromatic nitrogens is 2. The predicted octanol–water partition coefficient (Wildman–Crippen LogP) is 0.685. The maximum absolute atomic E-state index is 11.0. The van der Waals surface area contributed by atoms with Gasteiger partial charge in [-0.3, -0.25) is 4.90 Å². The molecular weight excluding hydrogens is 300 g/mol. The van der Waals surface area contributed by atoms with Gasteiger partial charge in [0.05, 0.1) is 11.0 Å². The number of carboxylic acid groups (broad SMARTS) is 1. The average Bonchev–Trinajstić information content (AvgIpc) is 2.34. The number of hydrogen-bond acceptors (Lipinski definition) is 5. The van der Waals surface area contributed by atoms with Crippen molar-refractivity contribution in [3.05, 3.63) is 22.2 Å². The third kappa shape index (κ3) is 3.24. The largest absolute Gasteiger partial charge is 0.476 e. The van der Waals surface area contributed by atoms with Gasteiger partial charge in [0.15, 0.2) is 5.69 Å². The second kappa shape index (κ2) is 5.73. The summed E-state index contributed by atoms with van der Waals surface area (Å²) < 4.78 is 0.414. The van der Waals surface area contributed by atoms with Gasteiger partial charge in [0.2, 0.25) is 0 Å². The van der Waals surface area contributed by atoms with Crippen molar-refractivity contribution in [3.8, 4) is 0 Å². The number of carbonyl (C=O) groups is 1. The smallest absolute Gasteiger partial charge is 0.355 e. The van der Waals surface area contributed by atoms with Gasteiger partial charge >= 0.3 is 5.97 Å². The molecule has 1 aromatic rings. The standard InChI is InChI=1S/C11H15BrN4O2/c1-15-2-4-16(5-3-15)7-9-13-6-8(12)10(14-9)11(17)18/h6H,2-5,7H2,1H3,(H,17,18). The fourth-order valence-electron chi connectivity index (χ4n) is 1.84. The zero-order chi connectivity index (χ0) is 13.1. The normalized spacial score (nSPS) is 17.9. The maximum atomic E-state index is 11.0. The summed E-state index contributed by atoms with van der Waals surface area (Å²) in [4.78, 5) is 23.7. The number of nitrogens with zero attached hydrogens (tertiary/aromatic N) is 4. The Kier molecular flexibility index (Phi) is 4.26. The highest BCUT2D eigenvalue weighted by Crippen LogP contribution is 2.14. The number of piperazine rings is 1. The molecule has 0 aromatic carbocycles. The topological polar surface area (TPSA) is 69.6 Å². The van der Waals surface area contributed by atoms with Crippen molar-refractivity contribution >= 4 is 21.9 Å². The van der Waals surface area contributed by atoms with Crippen molar-refractivity contribution < 1.29 is 9.90 Å². The summed E-state index contributed by atoms with van der Waals surface area (Å²) in [5.41, 5.74) is 0.0223. The lowest BCUT2D eigenvalue weighted by Gasteiger charge is -2.31. The maximum Gasteiger partial charge on any atom is 0.355 e. The third-order valence-corrected chi connectivity index (χ3v) is 3.54. The van der Waals surface area contributed by atoms with Gasteiger partial charge in [-0.05, 0) is 23.0 Å². The molecule has 2 rings (SSSR count). The van der Waals surface area contributed by atoms with Crippen LogP contribution in [0.15, 0.2) is 10.7 Å². The second-order valence-corrected chi connectivity index (χ2v) is 5.22. The molecule has 0 amide bonds. The van der Waals surface area contributed by atoms with Crippen LogP contribution in [0.1, 0.15) is 16.3 Å². The van der Waals surface area contributed by atoms with Gasteiger partial charge in [-0.15, -0.1) is 0 Å². The number of likely N-dealkylation sites (N-methyl/N-ethyl adjacent to an activating group) is 1. The van der Waals surface area contributed by atoms with E-state index in [1.54, 1.807) is 0 Å². The van der Waals surface area contributed by atoms with Crippen LogP contribution in [0.3, 0.4) is 0 Å². The monoisotopic (exact) mass is 314 g/mol. The van der Waals surface area contributed by atoms with E-state index in [9.17, 15) is 4.79 Å². The van der Waals surface area contributed by atoms with E-state index in [-0.39, 0.29) is 5.69 Å². The van der Waals surface area contributed by atoms with Crippen molar-refractivity contribution in [2.45, 2.75) is 6.54 Å². The van der Waals surface area contributed by atoms with Crippen LogP contribution in [0.4, 0.5) is 0 Å². The molecular formula is C11H15BrN4O2. The lowest BCUT2D eigenvalue weighted by atomic mass is 10.3. The Hall–Kier alpha value is -1.05. The van der Waals surface area contributed by atoms with Crippen LogP contribution < -0.4 is 0 Å². The SMILES string of the molecule is CN1CCN(Cc2ncc(Br)c(C(=O)O)n2)CC1. The first kappa shape index (κ1) is 13.4. The van der Waals surface area contributed by atoms with Crippen molar-refractivity contribution in [1.29, 1.82) is 0 Å². The van der Waals surface area contributed by atoms with Crippen LogP contribution in [0.25, 0.3) is 0 Å². The van der Waals surface area contributed by atoms with Crippen LogP contribution in [0, 0.1) is 0 Å². The molecule has 0 atom stereocenters. The van der Waals surface area contributed by atoms with Crippen LogP contribution in [-0.4, -0.2) is 64.1 Å². The van der Waals surface area contributed by atoms with E-state index in [4.69, 9.17) is 5.11 Å². The molecule has 0 unspecified atom stereocenters. The first-order valence-corrected chi connectivity index (χ1v) is 6.51. The zero-order valence-electron chi connectivity index (χ0n) is 10.1. The quantitative estimate of drug-likeness (QED) is 0.885. The third-order valence-electron chi connectivity index (χ3n) is 2.96. The average molecular weight is 315 g/mol. The Morgan fingerprint density at radius 3 is 2.72 bits per heavy atom. The van der Waals surface area contributed by atoms with Crippen LogP contribution in [0.5, 0.6) is 0 Å². The summed E-state index contributed by atoms with van der Waals surface area (Å²) in [7, 11) is 2.09. The molecule has 6 nitrogen and oxygen atoms in total. The molecule has 1 fully saturated rings. The van der Waals surface area contributed by atoms with Crippen molar-refractivity contribution in [2.75, 3.05) is 33.2 Å². The summed E-state index contributed by atoms with van der Waals surface area (Å²) in [6.07, 6.45) is 1.50. The van der Waals surface area contributed by atoms with Crippen molar-refractivity contribution in [1.82, 2.24) is 19.8 Å². The highest BCUT2D eigenvalue weighted by molar-refractivity contribution is 9.10. The minimum absolute atomic E-state index is 0.0223. The molecule has 1 aliphatic heterocycles. The van der Waals surface area contributed by atoms with E-state index in [0.717, 1.165) is 26.2 Å². The fraction of sp³-hybridized carbons (Fsp3) is 0.545.